The predicted octanol–water partition coefficient (Wildman–Crippen LogP) is 12.0. The van der Waals surface area contributed by atoms with E-state index in [1.54, 1.807) is 0 Å². The standard InChI is InChI=1S/C42H44N2O/c1-40(2,3)30-21-29(22-31(23-30)41(4,5)6)35-24-32(42(7,8)9)25-37-38(35)44-39(45-37)34-19-12-13-20-36(34)43-26-28-17-14-16-27-15-10-11-18-33(27)28/h10-26H,1-9H3. The Morgan fingerprint density at radius 1 is 0.600 bits per heavy atom. The van der Waals surface area contributed by atoms with Gasteiger partial charge in [-0.15, -0.1) is 0 Å². The van der Waals surface area contributed by atoms with Crippen LogP contribution in [0.25, 0.3) is 44.5 Å². The Hall–Kier alpha value is -4.50. The van der Waals surface area contributed by atoms with E-state index in [-0.39, 0.29) is 16.2 Å². The highest BCUT2D eigenvalue weighted by Gasteiger charge is 2.25. The quantitative estimate of drug-likeness (QED) is 0.191. The average Bonchev–Trinajstić information content (AvgIpc) is 3.42. The fourth-order valence-corrected chi connectivity index (χ4v) is 5.72. The smallest absolute Gasteiger partial charge is 0.229 e. The average molecular weight is 593 g/mol. The van der Waals surface area contributed by atoms with E-state index in [9.17, 15) is 0 Å². The molecule has 0 saturated carbocycles. The second kappa shape index (κ2) is 11.1. The number of aliphatic imine (C=N–C) groups is 1. The molecule has 6 rings (SSSR count). The van der Waals surface area contributed by atoms with E-state index >= 15 is 0 Å². The fraction of sp³-hybridized carbons (Fsp3) is 0.286. The van der Waals surface area contributed by atoms with Gasteiger partial charge in [0.1, 0.15) is 5.52 Å². The molecular weight excluding hydrogens is 548 g/mol. The first-order valence-corrected chi connectivity index (χ1v) is 15.9. The van der Waals surface area contributed by atoms with Crippen LogP contribution in [0.4, 0.5) is 5.69 Å². The van der Waals surface area contributed by atoms with Crippen molar-refractivity contribution in [2.75, 3.05) is 0 Å². The second-order valence-corrected chi connectivity index (χ2v) is 15.3. The molecule has 0 aliphatic carbocycles. The molecule has 0 amide bonds. The van der Waals surface area contributed by atoms with Gasteiger partial charge in [-0.1, -0.05) is 135 Å². The summed E-state index contributed by atoms with van der Waals surface area (Å²) in [6.07, 6.45) is 1.94. The number of para-hydroxylation sites is 1. The molecule has 0 radical (unpaired) electrons. The van der Waals surface area contributed by atoms with Gasteiger partial charge in [-0.3, -0.25) is 4.99 Å². The normalized spacial score (nSPS) is 12.9. The van der Waals surface area contributed by atoms with Crippen LogP contribution in [0.2, 0.25) is 0 Å². The van der Waals surface area contributed by atoms with Gasteiger partial charge in [0.05, 0.1) is 11.3 Å². The Kier molecular flexibility index (Phi) is 7.56. The first-order valence-electron chi connectivity index (χ1n) is 15.9. The molecule has 0 saturated heterocycles. The minimum Gasteiger partial charge on any atom is -0.436 e. The highest BCUT2D eigenvalue weighted by atomic mass is 16.3. The molecule has 0 atom stereocenters. The SMILES string of the molecule is CC(C)(C)c1cc(-c2cc(C(C)(C)C)cc3oc(-c4ccccc4N=Cc4cccc5ccccc45)nc23)cc(C(C)(C)C)c1. The van der Waals surface area contributed by atoms with Crippen molar-refractivity contribution in [2.24, 2.45) is 4.99 Å². The van der Waals surface area contributed by atoms with Gasteiger partial charge >= 0.3 is 0 Å². The highest BCUT2D eigenvalue weighted by molar-refractivity contribution is 6.01. The van der Waals surface area contributed by atoms with Gasteiger partial charge in [0.2, 0.25) is 5.89 Å². The maximum Gasteiger partial charge on any atom is 0.229 e. The molecule has 0 bridgehead atoms. The summed E-state index contributed by atoms with van der Waals surface area (Å²) in [6.45, 7) is 20.4. The molecule has 0 N–H and O–H groups in total. The van der Waals surface area contributed by atoms with Crippen LogP contribution in [-0.2, 0) is 16.2 Å². The lowest BCUT2D eigenvalue weighted by molar-refractivity contribution is 0.569. The van der Waals surface area contributed by atoms with Gasteiger partial charge in [0.15, 0.2) is 5.58 Å². The van der Waals surface area contributed by atoms with Crippen LogP contribution in [0.5, 0.6) is 0 Å². The van der Waals surface area contributed by atoms with Gasteiger partial charge in [0, 0.05) is 17.3 Å². The van der Waals surface area contributed by atoms with E-state index in [0.717, 1.165) is 33.5 Å². The summed E-state index contributed by atoms with van der Waals surface area (Å²) in [6, 6.07) is 34.3. The minimum absolute atomic E-state index is 0.00672. The predicted molar refractivity (Wildman–Crippen MR) is 192 cm³/mol. The van der Waals surface area contributed by atoms with Crippen molar-refractivity contribution in [3.63, 3.8) is 0 Å². The van der Waals surface area contributed by atoms with Gasteiger partial charge < -0.3 is 4.42 Å². The molecule has 0 aliphatic heterocycles. The van der Waals surface area contributed by atoms with Gasteiger partial charge in [-0.2, -0.15) is 0 Å². The van der Waals surface area contributed by atoms with E-state index in [1.165, 1.54) is 33.0 Å². The summed E-state index contributed by atoms with van der Waals surface area (Å²) in [4.78, 5) is 10.2. The maximum absolute atomic E-state index is 6.63. The Morgan fingerprint density at radius 2 is 1.20 bits per heavy atom. The molecule has 45 heavy (non-hydrogen) atoms. The first-order chi connectivity index (χ1) is 21.2. The maximum atomic E-state index is 6.63. The number of rotatable bonds is 4. The molecule has 6 aromatic rings. The van der Waals surface area contributed by atoms with Crippen molar-refractivity contribution < 1.29 is 4.42 Å². The Balaban J connectivity index is 1.53. The van der Waals surface area contributed by atoms with Crippen LogP contribution < -0.4 is 0 Å². The van der Waals surface area contributed by atoms with Gasteiger partial charge in [-0.25, -0.2) is 4.98 Å². The van der Waals surface area contributed by atoms with Crippen LogP contribution in [0, 0.1) is 0 Å². The number of fused-ring (bicyclic) bond motifs is 2. The van der Waals surface area contributed by atoms with E-state index in [1.807, 2.05) is 30.5 Å². The molecule has 0 aliphatic rings. The molecular formula is C42H44N2O. The zero-order valence-electron chi connectivity index (χ0n) is 28.1. The zero-order chi connectivity index (χ0) is 32.1. The van der Waals surface area contributed by atoms with Crippen molar-refractivity contribution in [1.82, 2.24) is 4.98 Å². The first kappa shape index (κ1) is 30.5. The largest absolute Gasteiger partial charge is 0.436 e. The number of benzene rings is 5. The minimum atomic E-state index is -0.0644. The van der Waals surface area contributed by atoms with Crippen molar-refractivity contribution in [3.05, 3.63) is 119 Å². The summed E-state index contributed by atoms with van der Waals surface area (Å²) in [5.41, 5.74) is 10.5. The highest BCUT2D eigenvalue weighted by Crippen LogP contribution is 2.41. The molecule has 1 heterocycles. The van der Waals surface area contributed by atoms with Crippen molar-refractivity contribution in [2.45, 2.75) is 78.6 Å². The molecule has 3 heteroatoms. The number of oxazole rings is 1. The number of nitrogens with zero attached hydrogens (tertiary/aromatic N) is 2. The topological polar surface area (TPSA) is 38.4 Å². The molecule has 228 valence electrons. The number of hydrogen-bond donors (Lipinski definition) is 0. The third kappa shape index (κ3) is 6.22. The lowest BCUT2D eigenvalue weighted by Gasteiger charge is -2.27. The van der Waals surface area contributed by atoms with Crippen molar-refractivity contribution in [3.8, 4) is 22.6 Å². The lowest BCUT2D eigenvalue weighted by atomic mass is 9.78. The molecule has 1 aromatic heterocycles. The van der Waals surface area contributed by atoms with Crippen molar-refractivity contribution in [1.29, 1.82) is 0 Å². The van der Waals surface area contributed by atoms with Crippen LogP contribution in [0.3, 0.4) is 0 Å². The third-order valence-electron chi connectivity index (χ3n) is 8.64. The summed E-state index contributed by atoms with van der Waals surface area (Å²) in [7, 11) is 0. The van der Waals surface area contributed by atoms with Crippen LogP contribution in [0.1, 0.15) is 84.6 Å². The van der Waals surface area contributed by atoms with Crippen LogP contribution >= 0.6 is 0 Å². The van der Waals surface area contributed by atoms with E-state index in [4.69, 9.17) is 14.4 Å². The fourth-order valence-electron chi connectivity index (χ4n) is 5.72. The summed E-state index contributed by atoms with van der Waals surface area (Å²) in [5, 5.41) is 2.37. The van der Waals surface area contributed by atoms with Gasteiger partial charge in [-0.05, 0) is 73.5 Å². The lowest BCUT2D eigenvalue weighted by Crippen LogP contribution is -2.16. The monoisotopic (exact) mass is 592 g/mol. The summed E-state index contributed by atoms with van der Waals surface area (Å²) < 4.78 is 6.63. The number of aromatic nitrogens is 1. The Bertz CT molecular complexity index is 2020. The summed E-state index contributed by atoms with van der Waals surface area (Å²) in [5.74, 6) is 0.575. The van der Waals surface area contributed by atoms with E-state index in [2.05, 4.69) is 135 Å². The van der Waals surface area contributed by atoms with Crippen LogP contribution in [-0.4, -0.2) is 11.2 Å². The Morgan fingerprint density at radius 3 is 1.89 bits per heavy atom. The Labute approximate surface area is 268 Å². The van der Waals surface area contributed by atoms with Gasteiger partial charge in [0.25, 0.3) is 0 Å². The van der Waals surface area contributed by atoms with E-state index < -0.39 is 0 Å². The van der Waals surface area contributed by atoms with Crippen molar-refractivity contribution >= 4 is 33.8 Å². The number of hydrogen-bond acceptors (Lipinski definition) is 3. The third-order valence-corrected chi connectivity index (χ3v) is 8.64. The van der Waals surface area contributed by atoms with Crippen LogP contribution in [0.15, 0.2) is 106 Å². The zero-order valence-corrected chi connectivity index (χ0v) is 28.1. The molecule has 3 nitrogen and oxygen atoms in total. The molecule has 5 aromatic carbocycles. The second-order valence-electron chi connectivity index (χ2n) is 15.3. The molecule has 0 fully saturated rings. The summed E-state index contributed by atoms with van der Waals surface area (Å²) >= 11 is 0. The molecule has 0 unspecified atom stereocenters. The van der Waals surface area contributed by atoms with E-state index in [0.29, 0.717) is 5.89 Å². The molecule has 0 spiro atoms.